The van der Waals surface area contributed by atoms with Crippen molar-refractivity contribution in [2.24, 2.45) is 10.4 Å². The number of aliphatic imine (C=N–C) groups is 1. The van der Waals surface area contributed by atoms with Crippen molar-refractivity contribution in [2.45, 2.75) is 65.0 Å². The molecule has 1 atom stereocenters. The van der Waals surface area contributed by atoms with E-state index in [1.165, 1.54) is 7.11 Å². The third-order valence-electron chi connectivity index (χ3n) is 5.92. The average molecular weight is 467 g/mol. The molecule has 0 aromatic heterocycles. The number of alkyl carbamates (subject to hydrolysis) is 1. The average Bonchev–Trinajstić information content (AvgIpc) is 2.79. The quantitative estimate of drug-likeness (QED) is 0.454. The van der Waals surface area contributed by atoms with E-state index in [2.05, 4.69) is 28.5 Å². The van der Waals surface area contributed by atoms with Gasteiger partial charge in [-0.25, -0.2) is 9.79 Å². The van der Waals surface area contributed by atoms with Crippen LogP contribution in [-0.4, -0.2) is 92.4 Å². The van der Waals surface area contributed by atoms with E-state index in [0.29, 0.717) is 51.5 Å². The van der Waals surface area contributed by atoms with Crippen molar-refractivity contribution in [3.8, 4) is 6.07 Å². The number of nitriles is 1. The lowest BCUT2D eigenvalue weighted by molar-refractivity contribution is -0.124. The molecule has 2 fully saturated rings. The molecule has 0 aromatic rings. The van der Waals surface area contributed by atoms with Gasteiger partial charge < -0.3 is 24.6 Å². The van der Waals surface area contributed by atoms with Crippen molar-refractivity contribution in [3.63, 3.8) is 0 Å². The minimum Gasteiger partial charge on any atom is -0.453 e. The van der Waals surface area contributed by atoms with Crippen LogP contribution in [0.25, 0.3) is 0 Å². The minimum absolute atomic E-state index is 0. The fraction of sp³-hybridized carbons (Fsp3) is 0.826. The Labute approximate surface area is 199 Å². The van der Waals surface area contributed by atoms with Crippen LogP contribution >= 0.6 is 0 Å². The largest absolute Gasteiger partial charge is 0.453 e. The van der Waals surface area contributed by atoms with E-state index in [1.54, 1.807) is 0 Å². The summed E-state index contributed by atoms with van der Waals surface area (Å²) in [7, 11) is 1.28. The molecule has 0 aromatic carbocycles. The molecular formula is C23H42N6O4. The third-order valence-corrected chi connectivity index (χ3v) is 5.92. The van der Waals surface area contributed by atoms with Crippen LogP contribution in [0.3, 0.4) is 0 Å². The number of methoxy groups -OCH3 is 1. The first kappa shape index (κ1) is 26.9. The first-order valence-corrected chi connectivity index (χ1v) is 11.8. The molecule has 33 heavy (non-hydrogen) atoms. The first-order valence-electron chi connectivity index (χ1n) is 11.8. The van der Waals surface area contributed by atoms with Gasteiger partial charge in [-0.2, -0.15) is 5.26 Å². The number of nitrogens with zero attached hydrogens (tertiary/aromatic N) is 4. The molecule has 2 aliphatic heterocycles. The molecule has 2 heterocycles. The zero-order valence-electron chi connectivity index (χ0n) is 20.8. The number of rotatable bonds is 6. The highest BCUT2D eigenvalue weighted by molar-refractivity contribution is 5.96. The third kappa shape index (κ3) is 8.48. The molecule has 10 nitrogen and oxygen atoms in total. The fourth-order valence-corrected chi connectivity index (χ4v) is 4.09. The van der Waals surface area contributed by atoms with Gasteiger partial charge in [0.05, 0.1) is 26.4 Å². The Morgan fingerprint density at radius 3 is 2.39 bits per heavy atom. The van der Waals surface area contributed by atoms with E-state index in [1.807, 2.05) is 25.7 Å². The van der Waals surface area contributed by atoms with Crippen molar-refractivity contribution >= 4 is 18.0 Å². The molecule has 188 valence electrons. The van der Waals surface area contributed by atoms with E-state index in [4.69, 9.17) is 14.5 Å². The maximum Gasteiger partial charge on any atom is 0.413 e. The van der Waals surface area contributed by atoms with Crippen molar-refractivity contribution in [3.05, 3.63) is 0 Å². The van der Waals surface area contributed by atoms with Crippen molar-refractivity contribution < 1.29 is 20.5 Å². The van der Waals surface area contributed by atoms with E-state index in [9.17, 15) is 14.9 Å². The van der Waals surface area contributed by atoms with E-state index < -0.39 is 17.7 Å². The Balaban J connectivity index is 0.00000578. The summed E-state index contributed by atoms with van der Waals surface area (Å²) in [5, 5.41) is 15.6. The molecule has 0 bridgehead atoms. The van der Waals surface area contributed by atoms with Crippen LogP contribution in [0.4, 0.5) is 4.79 Å². The molecule has 0 radical (unpaired) electrons. The molecule has 2 N–H and O–H groups in total. The number of carbonyl (C=O) groups excluding carboxylic acids is 2. The number of hydrogen-bond donors (Lipinski definition) is 2. The highest BCUT2D eigenvalue weighted by Gasteiger charge is 2.38. The summed E-state index contributed by atoms with van der Waals surface area (Å²) in [6.45, 7) is 12.9. The van der Waals surface area contributed by atoms with Crippen molar-refractivity contribution in [1.82, 2.24) is 20.4 Å². The molecule has 0 aliphatic carbocycles. The molecule has 0 spiro atoms. The van der Waals surface area contributed by atoms with Gasteiger partial charge in [0, 0.05) is 27.6 Å². The topological polar surface area (TPSA) is 119 Å². The second-order valence-electron chi connectivity index (χ2n) is 9.97. The van der Waals surface area contributed by atoms with Crippen LogP contribution in [0.15, 0.2) is 4.99 Å². The van der Waals surface area contributed by atoms with Crippen molar-refractivity contribution in [1.29, 1.82) is 5.26 Å². The number of guanidine groups is 1. The van der Waals surface area contributed by atoms with Gasteiger partial charge in [-0.3, -0.25) is 10.1 Å². The summed E-state index contributed by atoms with van der Waals surface area (Å²) in [4.78, 5) is 34.3. The number of nitrogens with one attached hydrogen (secondary N) is 2. The molecular weight excluding hydrogens is 424 g/mol. The van der Waals surface area contributed by atoms with Crippen LogP contribution in [0.5, 0.6) is 0 Å². The standard InChI is InChI=1S/C23H40N6O4.H2/c1-6-9-28-10-7-23(17-24,8-11-28)27-19(30)18(16-22(2,3)4)25-20(26-21(31)32-5)29-12-14-33-15-13-29;/h18H,6-16H2,1-5H3,(H,27,30)(H,25,26,31);1H/t18-;/m0./s1. The van der Waals surface area contributed by atoms with E-state index >= 15 is 0 Å². The smallest absolute Gasteiger partial charge is 0.413 e. The summed E-state index contributed by atoms with van der Waals surface area (Å²) >= 11 is 0. The van der Waals surface area contributed by atoms with Gasteiger partial charge in [0.25, 0.3) is 0 Å². The van der Waals surface area contributed by atoms with E-state index in [0.717, 1.165) is 26.1 Å². The van der Waals surface area contributed by atoms with Gasteiger partial charge in [0.1, 0.15) is 11.6 Å². The number of piperidine rings is 1. The van der Waals surface area contributed by atoms with Gasteiger partial charge in [-0.1, -0.05) is 27.7 Å². The van der Waals surface area contributed by atoms with Gasteiger partial charge in [-0.05, 0) is 37.6 Å². The summed E-state index contributed by atoms with van der Waals surface area (Å²) in [6.07, 6.45) is 2.03. The van der Waals surface area contributed by atoms with Crippen LogP contribution in [0.2, 0.25) is 0 Å². The van der Waals surface area contributed by atoms with Crippen LogP contribution in [0, 0.1) is 16.7 Å². The summed E-state index contributed by atoms with van der Waals surface area (Å²) in [5.74, 6) is -0.00818. The fourth-order valence-electron chi connectivity index (χ4n) is 4.09. The molecule has 2 aliphatic rings. The first-order chi connectivity index (χ1) is 15.6. The maximum atomic E-state index is 13.5. The number of ether oxygens (including phenoxy) is 2. The van der Waals surface area contributed by atoms with Crippen molar-refractivity contribution in [2.75, 3.05) is 53.0 Å². The monoisotopic (exact) mass is 466 g/mol. The number of morpholine rings is 1. The van der Waals surface area contributed by atoms with Crippen LogP contribution in [-0.2, 0) is 14.3 Å². The highest BCUT2D eigenvalue weighted by Crippen LogP contribution is 2.26. The Morgan fingerprint density at radius 1 is 1.24 bits per heavy atom. The van der Waals surface area contributed by atoms with Gasteiger partial charge in [-0.15, -0.1) is 0 Å². The molecule has 2 amide bonds. The summed E-state index contributed by atoms with van der Waals surface area (Å²) in [6, 6.07) is 1.60. The van der Waals surface area contributed by atoms with Crippen LogP contribution < -0.4 is 10.6 Å². The number of hydrogen-bond acceptors (Lipinski definition) is 7. The molecule has 10 heteroatoms. The lowest BCUT2D eigenvalue weighted by atomic mass is 9.85. The Bertz CT molecular complexity index is 735. The number of carbonyl (C=O) groups is 2. The normalized spacial score (nSPS) is 20.5. The number of likely N-dealkylation sites (tertiary alicyclic amines) is 1. The molecule has 2 saturated heterocycles. The summed E-state index contributed by atoms with van der Waals surface area (Å²) in [5.41, 5.74) is -1.10. The van der Waals surface area contributed by atoms with Gasteiger partial charge >= 0.3 is 6.09 Å². The predicted octanol–water partition coefficient (Wildman–Crippen LogP) is 1.97. The SMILES string of the molecule is CCCN1CCC(C#N)(NC(=O)[C@H](CC(C)(C)C)N=C(NC(=O)OC)N2CCOCC2)CC1.[HH]. The Kier molecular flexibility index (Phi) is 9.92. The number of amides is 2. The van der Waals surface area contributed by atoms with Gasteiger partial charge in [0.15, 0.2) is 0 Å². The predicted molar refractivity (Wildman–Crippen MR) is 128 cm³/mol. The summed E-state index contributed by atoms with van der Waals surface area (Å²) < 4.78 is 10.2. The zero-order valence-corrected chi connectivity index (χ0v) is 20.8. The zero-order chi connectivity index (χ0) is 24.5. The van der Waals surface area contributed by atoms with E-state index in [-0.39, 0.29) is 12.7 Å². The van der Waals surface area contributed by atoms with Crippen LogP contribution in [0.1, 0.15) is 54.8 Å². The highest BCUT2D eigenvalue weighted by atomic mass is 16.5. The molecule has 0 saturated carbocycles. The molecule has 2 rings (SSSR count). The molecule has 0 unspecified atom stereocenters. The second kappa shape index (κ2) is 12.2. The minimum atomic E-state index is -0.901. The lowest BCUT2D eigenvalue weighted by Crippen LogP contribution is -2.57. The maximum absolute atomic E-state index is 13.5. The Morgan fingerprint density at radius 2 is 1.88 bits per heavy atom. The van der Waals surface area contributed by atoms with Gasteiger partial charge in [0.2, 0.25) is 11.9 Å². The lowest BCUT2D eigenvalue weighted by Gasteiger charge is -2.38. The Hall–Kier alpha value is -2.38. The second-order valence-corrected chi connectivity index (χ2v) is 9.97.